The third kappa shape index (κ3) is 2.74. The van der Waals surface area contributed by atoms with Gasteiger partial charge in [-0.15, -0.1) is 0 Å². The zero-order valence-electron chi connectivity index (χ0n) is 15.5. The lowest BCUT2D eigenvalue weighted by Crippen LogP contribution is -2.46. The molecule has 2 aliphatic heterocycles. The van der Waals surface area contributed by atoms with Crippen LogP contribution >= 0.6 is 0 Å². The quantitative estimate of drug-likeness (QED) is 0.617. The normalized spacial score (nSPS) is 25.0. The van der Waals surface area contributed by atoms with Gasteiger partial charge in [-0.05, 0) is 48.6 Å². The molecule has 5 heteroatoms. The van der Waals surface area contributed by atoms with Crippen molar-refractivity contribution in [1.82, 2.24) is 4.90 Å². The van der Waals surface area contributed by atoms with Crippen molar-refractivity contribution in [3.05, 3.63) is 59.7 Å². The number of hydrogen-bond acceptors (Lipinski definition) is 4. The van der Waals surface area contributed by atoms with E-state index < -0.39 is 5.54 Å². The van der Waals surface area contributed by atoms with Crippen LogP contribution in [0.2, 0.25) is 0 Å². The molecule has 2 saturated heterocycles. The molecule has 0 N–H and O–H groups in total. The van der Waals surface area contributed by atoms with E-state index in [4.69, 9.17) is 4.84 Å². The van der Waals surface area contributed by atoms with Gasteiger partial charge in [0.05, 0.1) is 11.8 Å². The Labute approximate surface area is 158 Å². The van der Waals surface area contributed by atoms with E-state index in [1.165, 1.54) is 12.7 Å². The average molecular weight is 362 g/mol. The maximum atomic E-state index is 13.2. The second-order valence-electron chi connectivity index (χ2n) is 7.29. The topological polar surface area (TPSA) is 59.0 Å². The summed E-state index contributed by atoms with van der Waals surface area (Å²) >= 11 is 0. The van der Waals surface area contributed by atoms with Gasteiger partial charge in [0.2, 0.25) is 0 Å². The van der Waals surface area contributed by atoms with E-state index in [2.05, 4.69) is 24.2 Å². The molecule has 1 amide bonds. The number of nitrogens with zero attached hydrogens (tertiary/aromatic N) is 2. The van der Waals surface area contributed by atoms with E-state index in [0.717, 1.165) is 29.5 Å². The molecule has 2 aromatic rings. The summed E-state index contributed by atoms with van der Waals surface area (Å²) in [5.74, 6) is -0.123. The maximum absolute atomic E-state index is 13.2. The van der Waals surface area contributed by atoms with Crippen LogP contribution in [-0.2, 0) is 9.63 Å². The van der Waals surface area contributed by atoms with Gasteiger partial charge in [-0.25, -0.2) is 0 Å². The Morgan fingerprint density at radius 1 is 1.22 bits per heavy atom. The smallest absolute Gasteiger partial charge is 0.255 e. The second kappa shape index (κ2) is 6.65. The van der Waals surface area contributed by atoms with Gasteiger partial charge in [0.15, 0.2) is 0 Å². The van der Waals surface area contributed by atoms with Gasteiger partial charge in [0.25, 0.3) is 5.91 Å². The molecule has 0 radical (unpaired) electrons. The summed E-state index contributed by atoms with van der Waals surface area (Å²) in [6, 6.07) is 15.6. The predicted octanol–water partition coefficient (Wildman–Crippen LogP) is 3.61. The number of carbonyl (C=O) groups is 2. The van der Waals surface area contributed by atoms with Crippen LogP contribution in [0.25, 0.3) is 11.1 Å². The molecule has 2 heterocycles. The molecule has 2 unspecified atom stereocenters. The van der Waals surface area contributed by atoms with Gasteiger partial charge in [0, 0.05) is 12.0 Å². The van der Waals surface area contributed by atoms with E-state index in [1.54, 1.807) is 4.90 Å². The Bertz CT molecular complexity index is 919. The van der Waals surface area contributed by atoms with Gasteiger partial charge < -0.3 is 14.5 Å². The fraction of sp³-hybridized carbons (Fsp3) is 0.318. The number of aldehydes is 1. The monoisotopic (exact) mass is 362 g/mol. The number of carbonyl (C=O) groups excluding carboxylic acids is 2. The zero-order chi connectivity index (χ0) is 19.0. The first-order valence-corrected chi connectivity index (χ1v) is 9.15. The Morgan fingerprint density at radius 2 is 1.96 bits per heavy atom. The number of hydrogen-bond donors (Lipinski definition) is 0. The van der Waals surface area contributed by atoms with E-state index in [-0.39, 0.29) is 11.9 Å². The van der Waals surface area contributed by atoms with Crippen LogP contribution in [0.15, 0.2) is 53.7 Å². The molecule has 2 fully saturated rings. The molecule has 2 atom stereocenters. The molecule has 2 bridgehead atoms. The van der Waals surface area contributed by atoms with Crippen molar-refractivity contribution < 1.29 is 14.4 Å². The predicted molar refractivity (Wildman–Crippen MR) is 104 cm³/mol. The van der Waals surface area contributed by atoms with Crippen molar-refractivity contribution in [3.8, 4) is 11.1 Å². The van der Waals surface area contributed by atoms with Gasteiger partial charge >= 0.3 is 0 Å². The number of rotatable bonds is 4. The Kier molecular flexibility index (Phi) is 4.30. The van der Waals surface area contributed by atoms with Crippen molar-refractivity contribution in [2.45, 2.75) is 37.8 Å². The average Bonchev–Trinajstić information content (AvgIpc) is 3.22. The minimum absolute atomic E-state index is 0.123. The van der Waals surface area contributed by atoms with Crippen molar-refractivity contribution >= 4 is 17.9 Å². The highest BCUT2D eigenvalue weighted by molar-refractivity contribution is 6.07. The van der Waals surface area contributed by atoms with Crippen molar-refractivity contribution in [1.29, 1.82) is 0 Å². The summed E-state index contributed by atoms with van der Waals surface area (Å²) in [7, 11) is 1.49. The van der Waals surface area contributed by atoms with E-state index in [1.807, 2.05) is 36.4 Å². The summed E-state index contributed by atoms with van der Waals surface area (Å²) < 4.78 is 0. The van der Waals surface area contributed by atoms with Crippen LogP contribution in [0.3, 0.4) is 0 Å². The van der Waals surface area contributed by atoms with Crippen LogP contribution in [0, 0.1) is 6.92 Å². The van der Waals surface area contributed by atoms with Crippen molar-refractivity contribution in [3.63, 3.8) is 0 Å². The minimum atomic E-state index is -0.784. The minimum Gasteiger partial charge on any atom is -0.399 e. The summed E-state index contributed by atoms with van der Waals surface area (Å²) in [6.07, 6.45) is 2.79. The van der Waals surface area contributed by atoms with Crippen LogP contribution in [0.5, 0.6) is 0 Å². The molecular formula is C22H22N2O3. The number of fused-ring (bicyclic) bond motifs is 2. The first-order chi connectivity index (χ1) is 13.1. The van der Waals surface area contributed by atoms with Crippen LogP contribution in [-0.4, -0.2) is 41.5 Å². The van der Waals surface area contributed by atoms with Gasteiger partial charge in [-0.1, -0.05) is 41.6 Å². The first-order valence-electron chi connectivity index (χ1n) is 9.15. The number of aryl methyl sites for hydroxylation is 1. The molecule has 2 aliphatic rings. The lowest BCUT2D eigenvalue weighted by atomic mass is 9.88. The summed E-state index contributed by atoms with van der Waals surface area (Å²) in [4.78, 5) is 31.7. The highest BCUT2D eigenvalue weighted by Gasteiger charge is 2.57. The van der Waals surface area contributed by atoms with Gasteiger partial charge in [-0.2, -0.15) is 0 Å². The largest absolute Gasteiger partial charge is 0.399 e. The van der Waals surface area contributed by atoms with E-state index >= 15 is 0 Å². The summed E-state index contributed by atoms with van der Waals surface area (Å²) in [5, 5.41) is 4.05. The van der Waals surface area contributed by atoms with Gasteiger partial charge in [0.1, 0.15) is 18.9 Å². The first kappa shape index (κ1) is 17.5. The van der Waals surface area contributed by atoms with Crippen molar-refractivity contribution in [2.75, 3.05) is 7.11 Å². The fourth-order valence-electron chi connectivity index (χ4n) is 4.41. The van der Waals surface area contributed by atoms with Crippen LogP contribution in [0.1, 0.15) is 35.2 Å². The Balaban J connectivity index is 1.64. The maximum Gasteiger partial charge on any atom is 0.255 e. The molecule has 0 aliphatic carbocycles. The lowest BCUT2D eigenvalue weighted by Gasteiger charge is -2.29. The van der Waals surface area contributed by atoms with Crippen LogP contribution in [0.4, 0.5) is 0 Å². The molecule has 27 heavy (non-hydrogen) atoms. The Hall–Kier alpha value is -2.95. The number of amides is 1. The SMILES string of the molecule is CO/N=C1/CC2(C=O)CCC1N2C(=O)c1ccc(-c2ccccc2C)cc1. The number of benzene rings is 2. The molecule has 5 nitrogen and oxygen atoms in total. The van der Waals surface area contributed by atoms with E-state index in [9.17, 15) is 9.59 Å². The summed E-state index contributed by atoms with van der Waals surface area (Å²) in [6.45, 7) is 2.07. The highest BCUT2D eigenvalue weighted by Crippen LogP contribution is 2.44. The molecule has 0 saturated carbocycles. The molecular weight excluding hydrogens is 340 g/mol. The lowest BCUT2D eigenvalue weighted by molar-refractivity contribution is -0.115. The molecule has 0 spiro atoms. The third-order valence-electron chi connectivity index (χ3n) is 5.75. The second-order valence-corrected chi connectivity index (χ2v) is 7.29. The standard InChI is InChI=1S/C22H22N2O3/c1-15-5-3-4-6-18(15)16-7-9-17(10-8-16)21(26)24-20-11-12-22(24,14-25)13-19(20)23-27-2/h3-10,14,20H,11-13H2,1-2H3/b23-19-. The van der Waals surface area contributed by atoms with Gasteiger partial charge in [-0.3, -0.25) is 4.79 Å². The molecule has 2 aromatic carbocycles. The third-order valence-corrected chi connectivity index (χ3v) is 5.75. The molecule has 138 valence electrons. The zero-order valence-corrected chi connectivity index (χ0v) is 15.5. The summed E-state index contributed by atoms with van der Waals surface area (Å²) in [5.41, 5.74) is 3.99. The fourth-order valence-corrected chi connectivity index (χ4v) is 4.41. The number of oxime groups is 1. The van der Waals surface area contributed by atoms with Crippen molar-refractivity contribution in [2.24, 2.45) is 5.16 Å². The van der Waals surface area contributed by atoms with Crippen LogP contribution < -0.4 is 0 Å². The Morgan fingerprint density at radius 3 is 2.63 bits per heavy atom. The molecule has 0 aromatic heterocycles. The highest BCUT2D eigenvalue weighted by atomic mass is 16.6. The van der Waals surface area contributed by atoms with E-state index in [0.29, 0.717) is 18.4 Å². The molecule has 4 rings (SSSR count).